The van der Waals surface area contributed by atoms with Crippen molar-refractivity contribution in [2.24, 2.45) is 7.05 Å². The molecule has 5 heteroatoms. The van der Waals surface area contributed by atoms with Crippen LogP contribution >= 0.6 is 0 Å². The van der Waals surface area contributed by atoms with Crippen molar-refractivity contribution in [1.82, 2.24) is 15.1 Å². The van der Waals surface area contributed by atoms with E-state index in [9.17, 15) is 0 Å². The maximum Gasteiger partial charge on any atom is 0.397 e. The predicted molar refractivity (Wildman–Crippen MR) is 45.7 cm³/mol. The Bertz CT molecular complexity index is 270. The molecule has 0 aliphatic carbocycles. The Morgan fingerprint density at radius 1 is 1.42 bits per heavy atom. The predicted octanol–water partition coefficient (Wildman–Crippen LogP) is -0.101. The normalized spacial score (nSPS) is 11.8. The average molecular weight is 170 g/mol. The van der Waals surface area contributed by atoms with Crippen molar-refractivity contribution in [2.75, 3.05) is 12.4 Å². The summed E-state index contributed by atoms with van der Waals surface area (Å²) in [6.45, 7) is 6.19. The van der Waals surface area contributed by atoms with Gasteiger partial charge in [-0.2, -0.15) is 0 Å². The molecule has 1 aromatic rings. The Balaban J connectivity index is 3.05. The first-order valence-corrected chi connectivity index (χ1v) is 3.97. The molecule has 5 nitrogen and oxygen atoms in total. The molecule has 1 rings (SSSR count). The minimum Gasteiger partial charge on any atom is -0.294 e. The molecule has 1 N–H and O–H groups in total. The fourth-order valence-electron chi connectivity index (χ4n) is 0.840. The first-order valence-electron chi connectivity index (χ1n) is 3.97. The van der Waals surface area contributed by atoms with Crippen molar-refractivity contribution < 1.29 is 4.68 Å². The minimum absolute atomic E-state index is 0.0626. The van der Waals surface area contributed by atoms with Gasteiger partial charge in [-0.15, -0.1) is 4.68 Å². The first kappa shape index (κ1) is 8.96. The summed E-state index contributed by atoms with van der Waals surface area (Å²) in [5.74, 6) is 0.768. The molecule has 0 bridgehead atoms. The fourth-order valence-corrected chi connectivity index (χ4v) is 0.840. The summed E-state index contributed by atoms with van der Waals surface area (Å²) in [5.41, 5.74) is -0.0626. The molecular formula is C7H16N5+. The molecule has 0 saturated heterocycles. The van der Waals surface area contributed by atoms with Crippen LogP contribution in [0, 0.1) is 0 Å². The third-order valence-corrected chi connectivity index (χ3v) is 1.54. The van der Waals surface area contributed by atoms with Gasteiger partial charge in [-0.1, -0.05) is 0 Å². The largest absolute Gasteiger partial charge is 0.397 e. The third-order valence-electron chi connectivity index (χ3n) is 1.54. The van der Waals surface area contributed by atoms with Crippen molar-refractivity contribution >= 4 is 5.95 Å². The molecule has 1 aromatic heterocycles. The zero-order chi connectivity index (χ0) is 9.35. The number of hydrogen-bond acceptors (Lipinski definition) is 3. The van der Waals surface area contributed by atoms with Crippen molar-refractivity contribution in [3.63, 3.8) is 0 Å². The van der Waals surface area contributed by atoms with Crippen LogP contribution in [-0.2, 0) is 12.6 Å². The van der Waals surface area contributed by atoms with Gasteiger partial charge in [0.1, 0.15) is 5.54 Å². The molecule has 0 aliphatic rings. The summed E-state index contributed by atoms with van der Waals surface area (Å²) in [5, 5.41) is 11.4. The smallest absolute Gasteiger partial charge is 0.294 e. The van der Waals surface area contributed by atoms with Crippen LogP contribution in [0.15, 0.2) is 0 Å². The molecule has 0 saturated carbocycles. The van der Waals surface area contributed by atoms with Crippen LogP contribution in [0.2, 0.25) is 0 Å². The van der Waals surface area contributed by atoms with Crippen LogP contribution in [0.4, 0.5) is 5.95 Å². The fraction of sp³-hybridized carbons (Fsp3) is 0.857. The highest BCUT2D eigenvalue weighted by Gasteiger charge is 2.24. The van der Waals surface area contributed by atoms with E-state index in [1.165, 1.54) is 0 Å². The van der Waals surface area contributed by atoms with E-state index in [4.69, 9.17) is 0 Å². The van der Waals surface area contributed by atoms with Crippen molar-refractivity contribution in [3.8, 4) is 0 Å². The number of anilines is 1. The molecule has 0 unspecified atom stereocenters. The van der Waals surface area contributed by atoms with Crippen LogP contribution in [0.3, 0.4) is 0 Å². The van der Waals surface area contributed by atoms with E-state index < -0.39 is 0 Å². The van der Waals surface area contributed by atoms with Gasteiger partial charge in [0.15, 0.2) is 0 Å². The van der Waals surface area contributed by atoms with Gasteiger partial charge in [-0.3, -0.25) is 5.32 Å². The number of nitrogens with one attached hydrogen (secondary N) is 1. The number of hydrogen-bond donors (Lipinski definition) is 1. The highest BCUT2D eigenvalue weighted by Crippen LogP contribution is 2.09. The molecule has 1 heterocycles. The molecular weight excluding hydrogens is 154 g/mol. The van der Waals surface area contributed by atoms with E-state index in [1.807, 2.05) is 14.1 Å². The van der Waals surface area contributed by atoms with Crippen LogP contribution in [0.1, 0.15) is 20.8 Å². The monoisotopic (exact) mass is 170 g/mol. The van der Waals surface area contributed by atoms with Crippen molar-refractivity contribution in [2.45, 2.75) is 26.3 Å². The summed E-state index contributed by atoms with van der Waals surface area (Å²) >= 11 is 0. The van der Waals surface area contributed by atoms with Crippen molar-refractivity contribution in [3.05, 3.63) is 0 Å². The number of rotatable bonds is 1. The summed E-state index contributed by atoms with van der Waals surface area (Å²) in [6.07, 6.45) is 0. The van der Waals surface area contributed by atoms with Gasteiger partial charge < -0.3 is 0 Å². The maximum absolute atomic E-state index is 4.26. The Morgan fingerprint density at radius 2 is 2.00 bits per heavy atom. The first-order chi connectivity index (χ1) is 5.45. The van der Waals surface area contributed by atoms with Crippen LogP contribution in [0.25, 0.3) is 0 Å². The average Bonchev–Trinajstić information content (AvgIpc) is 2.29. The van der Waals surface area contributed by atoms with E-state index in [0.717, 1.165) is 5.95 Å². The molecule has 68 valence electrons. The third kappa shape index (κ3) is 1.54. The summed E-state index contributed by atoms with van der Waals surface area (Å²) in [4.78, 5) is 1.69. The van der Waals surface area contributed by atoms with Gasteiger partial charge in [-0.05, 0) is 25.6 Å². The summed E-state index contributed by atoms with van der Waals surface area (Å²) in [6, 6.07) is 0. The van der Waals surface area contributed by atoms with Gasteiger partial charge in [0.2, 0.25) is 0 Å². The number of aryl methyl sites for hydroxylation is 1. The standard InChI is InChI=1S/C7H16N5/c1-7(2,3)12-9-6(8-4)11(5)10-12/h1-5H3,(H,8,9,10)/q+1. The van der Waals surface area contributed by atoms with E-state index in [-0.39, 0.29) is 5.54 Å². The quantitative estimate of drug-likeness (QED) is 0.599. The molecule has 0 amide bonds. The minimum atomic E-state index is -0.0626. The van der Waals surface area contributed by atoms with Crippen LogP contribution in [-0.4, -0.2) is 22.2 Å². The Labute approximate surface area is 72.4 Å². The lowest BCUT2D eigenvalue weighted by atomic mass is 10.1. The molecule has 0 radical (unpaired) electrons. The zero-order valence-electron chi connectivity index (χ0n) is 8.29. The summed E-state index contributed by atoms with van der Waals surface area (Å²) < 4.78 is 1.71. The SMILES string of the molecule is CNc1nn(C(C)(C)C)n[n+]1C. The molecule has 12 heavy (non-hydrogen) atoms. The maximum atomic E-state index is 4.26. The molecule has 0 fully saturated rings. The second-order valence-electron chi connectivity index (χ2n) is 3.75. The van der Waals surface area contributed by atoms with Gasteiger partial charge in [0.25, 0.3) is 0 Å². The van der Waals surface area contributed by atoms with E-state index in [1.54, 1.807) is 9.48 Å². The Hall–Kier alpha value is -1.13. The molecule has 0 spiro atoms. The highest BCUT2D eigenvalue weighted by atomic mass is 15.7. The topological polar surface area (TPSA) is 46.6 Å². The lowest BCUT2D eigenvalue weighted by Crippen LogP contribution is -2.36. The van der Waals surface area contributed by atoms with Crippen LogP contribution in [0.5, 0.6) is 0 Å². The van der Waals surface area contributed by atoms with E-state index in [0.29, 0.717) is 0 Å². The highest BCUT2D eigenvalue weighted by molar-refractivity contribution is 5.09. The van der Waals surface area contributed by atoms with Gasteiger partial charge in [0, 0.05) is 12.3 Å². The Morgan fingerprint density at radius 3 is 2.25 bits per heavy atom. The van der Waals surface area contributed by atoms with Gasteiger partial charge >= 0.3 is 5.95 Å². The number of tetrazole rings is 1. The lowest BCUT2D eigenvalue weighted by Gasteiger charge is -2.09. The van der Waals surface area contributed by atoms with Crippen LogP contribution < -0.4 is 10.00 Å². The Kier molecular flexibility index (Phi) is 2.04. The second kappa shape index (κ2) is 2.73. The zero-order valence-corrected chi connectivity index (χ0v) is 8.29. The van der Waals surface area contributed by atoms with E-state index >= 15 is 0 Å². The van der Waals surface area contributed by atoms with Crippen molar-refractivity contribution in [1.29, 1.82) is 0 Å². The molecule has 0 atom stereocenters. The molecule has 0 aromatic carbocycles. The second-order valence-corrected chi connectivity index (χ2v) is 3.75. The molecule has 0 aliphatic heterocycles. The number of nitrogens with zero attached hydrogens (tertiary/aromatic N) is 4. The van der Waals surface area contributed by atoms with Gasteiger partial charge in [0.05, 0.1) is 12.1 Å². The lowest BCUT2D eigenvalue weighted by molar-refractivity contribution is -0.720. The van der Waals surface area contributed by atoms with E-state index in [2.05, 4.69) is 36.4 Å². The number of aromatic nitrogens is 4. The summed E-state index contributed by atoms with van der Waals surface area (Å²) in [7, 11) is 3.69. The van der Waals surface area contributed by atoms with Gasteiger partial charge in [-0.25, -0.2) is 0 Å².